The number of benzene rings is 1. The lowest BCUT2D eigenvalue weighted by Crippen LogP contribution is -2.20. The molecule has 1 heterocycles. The van der Waals surface area contributed by atoms with E-state index in [2.05, 4.69) is 47.1 Å². The van der Waals surface area contributed by atoms with E-state index in [9.17, 15) is 4.79 Å². The Labute approximate surface area is 134 Å². The van der Waals surface area contributed by atoms with Gasteiger partial charge in [0, 0.05) is 23.2 Å². The highest BCUT2D eigenvalue weighted by molar-refractivity contribution is 9.09. The van der Waals surface area contributed by atoms with Crippen molar-refractivity contribution in [2.45, 2.75) is 44.8 Å². The third kappa shape index (κ3) is 2.86. The van der Waals surface area contributed by atoms with Crippen molar-refractivity contribution in [1.82, 2.24) is 0 Å². The van der Waals surface area contributed by atoms with Crippen LogP contribution in [-0.2, 0) is 9.53 Å². The number of carbonyl (C=O) groups is 1. The molecule has 3 heteroatoms. The second-order valence-electron chi connectivity index (χ2n) is 5.93. The number of halogens is 1. The van der Waals surface area contributed by atoms with E-state index in [1.54, 1.807) is 0 Å². The zero-order chi connectivity index (χ0) is 14.8. The second kappa shape index (κ2) is 6.45. The summed E-state index contributed by atoms with van der Waals surface area (Å²) in [7, 11) is 0. The Bertz CT molecular complexity index is 564. The lowest BCUT2D eigenvalue weighted by molar-refractivity contribution is -0.116. The van der Waals surface area contributed by atoms with E-state index in [0.29, 0.717) is 12.2 Å². The summed E-state index contributed by atoms with van der Waals surface area (Å²) in [6.45, 7) is 2.13. The molecular formula is C18H21BrO2. The zero-order valence-electron chi connectivity index (χ0n) is 12.3. The van der Waals surface area contributed by atoms with Crippen molar-refractivity contribution in [1.29, 1.82) is 0 Å². The number of carbonyl (C=O) groups excluding carboxylic acids is 1. The fourth-order valence-corrected chi connectivity index (χ4v) is 3.81. The van der Waals surface area contributed by atoms with Gasteiger partial charge in [-0.1, -0.05) is 53.5 Å². The molecule has 0 unspecified atom stereocenters. The molecule has 2 nitrogen and oxygen atoms in total. The number of ether oxygens (including phenoxy) is 1. The lowest BCUT2D eigenvalue weighted by atomic mass is 9.78. The molecule has 0 saturated carbocycles. The standard InChI is InChI=1S/C18H21BrO2/c1-2-3-8-17(20)15-9-12-6-4-5-7-14(12)18-16(15)10-13(11-19)21-18/h4-7,9,13,16,18H,2-3,8,10-11H2,1H3/t13-,16-,18+/m1/s1. The Balaban J connectivity index is 1.95. The summed E-state index contributed by atoms with van der Waals surface area (Å²) in [5.41, 5.74) is 3.36. The molecule has 0 bridgehead atoms. The summed E-state index contributed by atoms with van der Waals surface area (Å²) in [6, 6.07) is 8.30. The molecule has 0 amide bonds. The third-order valence-electron chi connectivity index (χ3n) is 4.49. The fourth-order valence-electron chi connectivity index (χ4n) is 3.39. The highest BCUT2D eigenvalue weighted by atomic mass is 79.9. The normalized spacial score (nSPS) is 27.0. The van der Waals surface area contributed by atoms with Gasteiger partial charge in [0.15, 0.2) is 5.78 Å². The molecule has 3 atom stereocenters. The Morgan fingerprint density at radius 3 is 2.95 bits per heavy atom. The van der Waals surface area contributed by atoms with Gasteiger partial charge in [-0.15, -0.1) is 0 Å². The van der Waals surface area contributed by atoms with Crippen LogP contribution in [0.4, 0.5) is 0 Å². The molecule has 0 aromatic heterocycles. The van der Waals surface area contributed by atoms with Gasteiger partial charge in [0.2, 0.25) is 0 Å². The monoisotopic (exact) mass is 348 g/mol. The molecule has 0 radical (unpaired) electrons. The van der Waals surface area contributed by atoms with Gasteiger partial charge in [-0.25, -0.2) is 0 Å². The van der Waals surface area contributed by atoms with E-state index >= 15 is 0 Å². The first kappa shape index (κ1) is 15.0. The first-order chi connectivity index (χ1) is 10.2. The fraction of sp³-hybridized carbons (Fsp3) is 0.500. The van der Waals surface area contributed by atoms with Gasteiger partial charge >= 0.3 is 0 Å². The molecule has 2 aliphatic rings. The molecule has 1 aliphatic heterocycles. The SMILES string of the molecule is CCCCC(=O)C1=Cc2ccccc2[C@@H]2O[C@@H](CBr)C[C@H]12. The Morgan fingerprint density at radius 2 is 2.19 bits per heavy atom. The second-order valence-corrected chi connectivity index (χ2v) is 6.58. The van der Waals surface area contributed by atoms with Crippen LogP contribution in [0.1, 0.15) is 49.8 Å². The highest BCUT2D eigenvalue weighted by Gasteiger charge is 2.42. The Hall–Kier alpha value is -0.930. The minimum atomic E-state index is 0.0503. The number of hydrogen-bond donors (Lipinski definition) is 0. The summed E-state index contributed by atoms with van der Waals surface area (Å²) < 4.78 is 6.19. The number of fused-ring (bicyclic) bond motifs is 3. The maximum atomic E-state index is 12.6. The van der Waals surface area contributed by atoms with Crippen LogP contribution in [0.25, 0.3) is 6.08 Å². The molecule has 1 aromatic rings. The topological polar surface area (TPSA) is 26.3 Å². The molecule has 112 valence electrons. The van der Waals surface area contributed by atoms with Crippen molar-refractivity contribution in [3.05, 3.63) is 41.0 Å². The number of ketones is 1. The number of alkyl halides is 1. The van der Waals surface area contributed by atoms with E-state index in [1.165, 1.54) is 5.56 Å². The maximum Gasteiger partial charge on any atom is 0.159 e. The smallest absolute Gasteiger partial charge is 0.159 e. The van der Waals surface area contributed by atoms with Crippen molar-refractivity contribution >= 4 is 27.8 Å². The Kier molecular flexibility index (Phi) is 4.60. The van der Waals surface area contributed by atoms with E-state index in [-0.39, 0.29) is 18.1 Å². The first-order valence-electron chi connectivity index (χ1n) is 7.79. The predicted octanol–water partition coefficient (Wildman–Crippen LogP) is 4.68. The van der Waals surface area contributed by atoms with Crippen LogP contribution in [0.5, 0.6) is 0 Å². The van der Waals surface area contributed by atoms with Crippen molar-refractivity contribution in [3.63, 3.8) is 0 Å². The quantitative estimate of drug-likeness (QED) is 0.722. The van der Waals surface area contributed by atoms with Gasteiger partial charge in [-0.3, -0.25) is 4.79 Å². The first-order valence-corrected chi connectivity index (χ1v) is 8.92. The number of unbranched alkanes of at least 4 members (excludes halogenated alkanes) is 1. The van der Waals surface area contributed by atoms with Crippen LogP contribution in [0.3, 0.4) is 0 Å². The van der Waals surface area contributed by atoms with Gasteiger partial charge in [-0.05, 0) is 30.0 Å². The minimum Gasteiger partial charge on any atom is -0.369 e. The van der Waals surface area contributed by atoms with Gasteiger partial charge in [-0.2, -0.15) is 0 Å². The minimum absolute atomic E-state index is 0.0503. The zero-order valence-corrected chi connectivity index (χ0v) is 13.9. The van der Waals surface area contributed by atoms with Crippen LogP contribution in [-0.4, -0.2) is 17.2 Å². The molecule has 0 spiro atoms. The molecule has 1 aliphatic carbocycles. The molecule has 1 aromatic carbocycles. The maximum absolute atomic E-state index is 12.6. The molecule has 1 saturated heterocycles. The van der Waals surface area contributed by atoms with Crippen molar-refractivity contribution < 1.29 is 9.53 Å². The number of hydrogen-bond acceptors (Lipinski definition) is 2. The van der Waals surface area contributed by atoms with E-state index in [1.807, 2.05) is 6.07 Å². The summed E-state index contributed by atoms with van der Waals surface area (Å²) in [5.74, 6) is 0.534. The van der Waals surface area contributed by atoms with Gasteiger partial charge in [0.1, 0.15) is 0 Å². The van der Waals surface area contributed by atoms with Crippen molar-refractivity contribution in [3.8, 4) is 0 Å². The molecule has 3 rings (SSSR count). The number of Topliss-reactive ketones (excluding diaryl/α,β-unsaturated/α-hetero) is 1. The van der Waals surface area contributed by atoms with Gasteiger partial charge in [0.05, 0.1) is 12.2 Å². The van der Waals surface area contributed by atoms with Crippen molar-refractivity contribution in [2.24, 2.45) is 5.92 Å². The van der Waals surface area contributed by atoms with E-state index < -0.39 is 0 Å². The van der Waals surface area contributed by atoms with Crippen molar-refractivity contribution in [2.75, 3.05) is 5.33 Å². The summed E-state index contributed by atoms with van der Waals surface area (Å²) in [6.07, 6.45) is 5.99. The van der Waals surface area contributed by atoms with Gasteiger partial charge < -0.3 is 4.74 Å². The van der Waals surface area contributed by atoms with Gasteiger partial charge in [0.25, 0.3) is 0 Å². The van der Waals surface area contributed by atoms with E-state index in [0.717, 1.165) is 35.7 Å². The average Bonchev–Trinajstić information content (AvgIpc) is 2.96. The van der Waals surface area contributed by atoms with E-state index in [4.69, 9.17) is 4.74 Å². The van der Waals surface area contributed by atoms with Crippen LogP contribution in [0, 0.1) is 5.92 Å². The third-order valence-corrected chi connectivity index (χ3v) is 5.21. The summed E-state index contributed by atoms with van der Waals surface area (Å²) in [4.78, 5) is 12.6. The summed E-state index contributed by atoms with van der Waals surface area (Å²) >= 11 is 3.52. The predicted molar refractivity (Wildman–Crippen MR) is 88.5 cm³/mol. The molecular weight excluding hydrogens is 328 g/mol. The largest absolute Gasteiger partial charge is 0.369 e. The molecule has 0 N–H and O–H groups in total. The average molecular weight is 349 g/mol. The van der Waals surface area contributed by atoms with Crippen LogP contribution in [0.15, 0.2) is 29.8 Å². The molecule has 1 fully saturated rings. The lowest BCUT2D eigenvalue weighted by Gasteiger charge is -2.27. The van der Waals surface area contributed by atoms with Crippen LogP contribution in [0.2, 0.25) is 0 Å². The Morgan fingerprint density at radius 1 is 1.38 bits per heavy atom. The van der Waals surface area contributed by atoms with Crippen LogP contribution < -0.4 is 0 Å². The molecule has 21 heavy (non-hydrogen) atoms. The highest BCUT2D eigenvalue weighted by Crippen LogP contribution is 2.48. The van der Waals surface area contributed by atoms with Crippen LogP contribution >= 0.6 is 15.9 Å². The summed E-state index contributed by atoms with van der Waals surface area (Å²) in [5, 5.41) is 0.832. The number of rotatable bonds is 5.